The summed E-state index contributed by atoms with van der Waals surface area (Å²) in [6, 6.07) is 0. The minimum atomic E-state index is -4.96. The fourth-order valence-corrected chi connectivity index (χ4v) is 13.5. The molecule has 97 heavy (non-hydrogen) atoms. The van der Waals surface area contributed by atoms with Crippen LogP contribution in [0.4, 0.5) is 0 Å². The predicted octanol–water partition coefficient (Wildman–Crippen LogP) is 22.8. The summed E-state index contributed by atoms with van der Waals surface area (Å²) in [4.78, 5) is 72.8. The first-order valence-corrected chi connectivity index (χ1v) is 43.2. The number of hydrogen-bond acceptors (Lipinski definition) is 15. The molecule has 0 aromatic heterocycles. The molecule has 0 rings (SSSR count). The standard InChI is InChI=1S/C78H152O17P2/c1-9-71(8)57-49-41-36-37-43-51-59-76(81)89-65-74(95-78(83)61-52-44-33-27-23-19-15-11-10-13-17-21-25-30-38-46-54-68(2)3)67-93-97(86,87)91-63-72(79)62-90-96(84,85)92-66-73(64-88-75(80)58-50-42-35-29-32-40-48-56-70(6)7)94-77(82)60-53-45-34-28-24-20-16-12-14-18-22-26-31-39-47-55-69(4)5/h68-74,79H,9-67H2,1-8H3,(H,84,85)(H,86,87)/t71?,72?,73-,74-/m1/s1. The average molecular weight is 1420 g/mol. The largest absolute Gasteiger partial charge is 0.472 e. The smallest absolute Gasteiger partial charge is 0.462 e. The molecule has 3 N–H and O–H groups in total. The number of rotatable bonds is 75. The molecule has 0 radical (unpaired) electrons. The van der Waals surface area contributed by atoms with Crippen LogP contribution in [-0.2, 0) is 65.4 Å². The zero-order valence-electron chi connectivity index (χ0n) is 63.7. The molecule has 17 nitrogen and oxygen atoms in total. The number of aliphatic hydroxyl groups excluding tert-OH is 1. The number of aliphatic hydroxyl groups is 1. The van der Waals surface area contributed by atoms with Gasteiger partial charge in [0, 0.05) is 25.7 Å². The lowest BCUT2D eigenvalue weighted by atomic mass is 10.00. The van der Waals surface area contributed by atoms with Crippen molar-refractivity contribution in [3.63, 3.8) is 0 Å². The van der Waals surface area contributed by atoms with Crippen LogP contribution in [0, 0.1) is 23.7 Å². The SMILES string of the molecule is CCC(C)CCCCCCCCC(=O)OC[C@H](COP(=O)(O)OCC(O)COP(=O)(O)OC[C@@H](COC(=O)CCCCCCCCCC(C)C)OC(=O)CCCCCCCCCCCCCCCCCC(C)C)OC(=O)CCCCCCCCCCCCCCCCCCC(C)C. The summed E-state index contributed by atoms with van der Waals surface area (Å²) in [5.41, 5.74) is 0. The topological polar surface area (TPSA) is 237 Å². The van der Waals surface area contributed by atoms with Gasteiger partial charge < -0.3 is 33.8 Å². The molecular formula is C78H152O17P2. The number of unbranched alkanes of at least 4 members (excludes halogenated alkanes) is 40. The summed E-state index contributed by atoms with van der Waals surface area (Å²) in [6.45, 7) is 14.2. The van der Waals surface area contributed by atoms with Crippen molar-refractivity contribution in [1.29, 1.82) is 0 Å². The van der Waals surface area contributed by atoms with Gasteiger partial charge in [-0.2, -0.15) is 0 Å². The molecule has 0 bridgehead atoms. The van der Waals surface area contributed by atoms with E-state index in [1.54, 1.807) is 0 Å². The third-order valence-corrected chi connectivity index (χ3v) is 20.3. The Bertz CT molecular complexity index is 1900. The molecule has 0 aliphatic heterocycles. The first-order chi connectivity index (χ1) is 46.6. The second-order valence-electron chi connectivity index (χ2n) is 29.8. The van der Waals surface area contributed by atoms with Crippen LogP contribution in [0.1, 0.15) is 396 Å². The van der Waals surface area contributed by atoms with Gasteiger partial charge in [0.05, 0.1) is 26.4 Å². The number of phosphoric acid groups is 2. The lowest BCUT2D eigenvalue weighted by Crippen LogP contribution is -2.30. The van der Waals surface area contributed by atoms with Gasteiger partial charge in [0.25, 0.3) is 0 Å². The normalized spacial score (nSPS) is 14.4. The molecule has 0 saturated heterocycles. The molecule has 0 aromatic carbocycles. The molecule has 0 aliphatic carbocycles. The van der Waals surface area contributed by atoms with Crippen LogP contribution in [0.25, 0.3) is 0 Å². The van der Waals surface area contributed by atoms with Gasteiger partial charge in [0.15, 0.2) is 12.2 Å². The molecule has 0 fully saturated rings. The number of esters is 4. The Morgan fingerprint density at radius 2 is 0.495 bits per heavy atom. The molecular weight excluding hydrogens is 1270 g/mol. The van der Waals surface area contributed by atoms with E-state index in [4.69, 9.17) is 37.0 Å². The highest BCUT2D eigenvalue weighted by Gasteiger charge is 2.30. The molecule has 0 saturated carbocycles. The van der Waals surface area contributed by atoms with Crippen molar-refractivity contribution in [2.24, 2.45) is 23.7 Å². The summed E-state index contributed by atoms with van der Waals surface area (Å²) in [5.74, 6) is 0.927. The summed E-state index contributed by atoms with van der Waals surface area (Å²) in [7, 11) is -9.92. The van der Waals surface area contributed by atoms with Crippen LogP contribution in [-0.4, -0.2) is 96.7 Å². The van der Waals surface area contributed by atoms with E-state index in [0.29, 0.717) is 31.6 Å². The second kappa shape index (κ2) is 67.2. The first-order valence-electron chi connectivity index (χ1n) is 40.2. The van der Waals surface area contributed by atoms with Gasteiger partial charge in [-0.15, -0.1) is 0 Å². The van der Waals surface area contributed by atoms with E-state index < -0.39 is 97.5 Å². The number of carbonyl (C=O) groups excluding carboxylic acids is 4. The van der Waals surface area contributed by atoms with E-state index in [9.17, 15) is 43.2 Å². The Morgan fingerprint density at radius 3 is 0.732 bits per heavy atom. The molecule has 0 amide bonds. The van der Waals surface area contributed by atoms with Gasteiger partial charge in [-0.25, -0.2) is 9.13 Å². The van der Waals surface area contributed by atoms with Crippen LogP contribution in [0.3, 0.4) is 0 Å². The Balaban J connectivity index is 5.19. The molecule has 0 heterocycles. The van der Waals surface area contributed by atoms with Crippen molar-refractivity contribution in [1.82, 2.24) is 0 Å². The predicted molar refractivity (Wildman–Crippen MR) is 395 cm³/mol. The van der Waals surface area contributed by atoms with E-state index >= 15 is 0 Å². The lowest BCUT2D eigenvalue weighted by Gasteiger charge is -2.21. The van der Waals surface area contributed by atoms with Crippen LogP contribution in [0.15, 0.2) is 0 Å². The summed E-state index contributed by atoms with van der Waals surface area (Å²) in [6.07, 6.45) is 52.9. The Labute approximate surface area is 594 Å². The van der Waals surface area contributed by atoms with Gasteiger partial charge in [-0.1, -0.05) is 344 Å². The highest BCUT2D eigenvalue weighted by atomic mass is 31.2. The Morgan fingerprint density at radius 1 is 0.289 bits per heavy atom. The minimum Gasteiger partial charge on any atom is -0.462 e. The maximum absolute atomic E-state index is 13.1. The maximum atomic E-state index is 13.1. The third-order valence-electron chi connectivity index (χ3n) is 18.4. The Kier molecular flexibility index (Phi) is 65.9. The van der Waals surface area contributed by atoms with Crippen LogP contribution < -0.4 is 0 Å². The molecule has 4 unspecified atom stereocenters. The molecule has 6 atom stereocenters. The molecule has 576 valence electrons. The molecule has 0 spiro atoms. The molecule has 0 aliphatic rings. The highest BCUT2D eigenvalue weighted by molar-refractivity contribution is 7.47. The fraction of sp³-hybridized carbons (Fsp3) is 0.949. The number of phosphoric ester groups is 2. The van der Waals surface area contributed by atoms with Crippen LogP contribution >= 0.6 is 15.6 Å². The van der Waals surface area contributed by atoms with Gasteiger partial charge in [0.1, 0.15) is 19.3 Å². The van der Waals surface area contributed by atoms with E-state index in [-0.39, 0.29) is 25.7 Å². The number of ether oxygens (including phenoxy) is 4. The van der Waals surface area contributed by atoms with Gasteiger partial charge >= 0.3 is 39.5 Å². The monoisotopic (exact) mass is 1420 g/mol. The van der Waals surface area contributed by atoms with Crippen molar-refractivity contribution in [3.05, 3.63) is 0 Å². The van der Waals surface area contributed by atoms with Crippen molar-refractivity contribution >= 4 is 39.5 Å². The van der Waals surface area contributed by atoms with Gasteiger partial charge in [-0.3, -0.25) is 37.3 Å². The highest BCUT2D eigenvalue weighted by Crippen LogP contribution is 2.45. The third kappa shape index (κ3) is 70.9. The van der Waals surface area contributed by atoms with Gasteiger partial charge in [0.2, 0.25) is 0 Å². The quantitative estimate of drug-likeness (QED) is 0.0222. The zero-order chi connectivity index (χ0) is 71.7. The summed E-state index contributed by atoms with van der Waals surface area (Å²) < 4.78 is 68.6. The second-order valence-corrected chi connectivity index (χ2v) is 32.7. The van der Waals surface area contributed by atoms with Crippen LogP contribution in [0.5, 0.6) is 0 Å². The van der Waals surface area contributed by atoms with Crippen molar-refractivity contribution in [3.8, 4) is 0 Å². The zero-order valence-corrected chi connectivity index (χ0v) is 65.5. The number of carbonyl (C=O) groups is 4. The molecule has 0 aromatic rings. The lowest BCUT2D eigenvalue weighted by molar-refractivity contribution is -0.161. The van der Waals surface area contributed by atoms with Crippen LogP contribution in [0.2, 0.25) is 0 Å². The van der Waals surface area contributed by atoms with E-state index in [1.165, 1.54) is 186 Å². The van der Waals surface area contributed by atoms with Crippen molar-refractivity contribution in [2.75, 3.05) is 39.6 Å². The van der Waals surface area contributed by atoms with E-state index in [0.717, 1.165) is 120 Å². The minimum absolute atomic E-state index is 0.106. The fourth-order valence-electron chi connectivity index (χ4n) is 11.9. The van der Waals surface area contributed by atoms with Gasteiger partial charge in [-0.05, 0) is 49.4 Å². The first kappa shape index (κ1) is 95.1. The van der Waals surface area contributed by atoms with Crippen molar-refractivity contribution < 1.29 is 80.2 Å². The van der Waals surface area contributed by atoms with Crippen molar-refractivity contribution in [2.45, 2.75) is 414 Å². The summed E-state index contributed by atoms with van der Waals surface area (Å²) in [5, 5.41) is 10.6. The Hall–Kier alpha value is -1.94. The van der Waals surface area contributed by atoms with E-state index in [2.05, 4.69) is 55.4 Å². The average Bonchev–Trinajstić information content (AvgIpc) is 1.14. The summed E-state index contributed by atoms with van der Waals surface area (Å²) >= 11 is 0. The number of hydrogen-bond donors (Lipinski definition) is 3. The van der Waals surface area contributed by atoms with E-state index in [1.807, 2.05) is 0 Å². The molecule has 19 heteroatoms. The maximum Gasteiger partial charge on any atom is 0.472 e.